The fourth-order valence-electron chi connectivity index (χ4n) is 3.74. The molecular formula is C15H28N2O. The molecule has 3 nitrogen and oxygen atoms in total. The first-order valence-electron chi connectivity index (χ1n) is 7.60. The van der Waals surface area contributed by atoms with E-state index in [2.05, 4.69) is 24.5 Å². The fourth-order valence-corrected chi connectivity index (χ4v) is 3.74. The smallest absolute Gasteiger partial charge is 0.224 e. The highest BCUT2D eigenvalue weighted by Crippen LogP contribution is 2.42. The molecule has 0 aromatic heterocycles. The topological polar surface area (TPSA) is 41.1 Å². The van der Waals surface area contributed by atoms with Gasteiger partial charge in [-0.05, 0) is 43.6 Å². The summed E-state index contributed by atoms with van der Waals surface area (Å²) in [5.74, 6) is 1.21. The Kier molecular flexibility index (Phi) is 4.66. The Hall–Kier alpha value is -0.570. The first-order valence-corrected chi connectivity index (χ1v) is 7.60. The van der Waals surface area contributed by atoms with Crippen molar-refractivity contribution < 1.29 is 4.79 Å². The van der Waals surface area contributed by atoms with Crippen molar-refractivity contribution >= 4 is 5.91 Å². The normalized spacial score (nSPS) is 26.7. The number of nitrogens with one attached hydrogen (secondary N) is 2. The van der Waals surface area contributed by atoms with E-state index in [1.165, 1.54) is 32.1 Å². The largest absolute Gasteiger partial charge is 0.355 e. The van der Waals surface area contributed by atoms with E-state index in [1.54, 1.807) is 0 Å². The van der Waals surface area contributed by atoms with Gasteiger partial charge in [-0.1, -0.05) is 26.7 Å². The van der Waals surface area contributed by atoms with Crippen LogP contribution in [0.2, 0.25) is 0 Å². The zero-order valence-electron chi connectivity index (χ0n) is 11.9. The predicted molar refractivity (Wildman–Crippen MR) is 74.3 cm³/mol. The van der Waals surface area contributed by atoms with Crippen molar-refractivity contribution in [1.29, 1.82) is 0 Å². The van der Waals surface area contributed by atoms with Crippen LogP contribution in [0.3, 0.4) is 0 Å². The summed E-state index contributed by atoms with van der Waals surface area (Å²) in [6.07, 6.45) is 7.54. The van der Waals surface area contributed by atoms with E-state index in [-0.39, 0.29) is 11.8 Å². The van der Waals surface area contributed by atoms with E-state index in [1.807, 2.05) is 0 Å². The maximum absolute atomic E-state index is 12.1. The molecule has 1 aliphatic carbocycles. The van der Waals surface area contributed by atoms with Crippen molar-refractivity contribution in [2.75, 3.05) is 19.6 Å². The lowest BCUT2D eigenvalue weighted by Gasteiger charge is -2.31. The van der Waals surface area contributed by atoms with E-state index in [0.29, 0.717) is 5.41 Å². The molecule has 18 heavy (non-hydrogen) atoms. The van der Waals surface area contributed by atoms with Crippen LogP contribution in [-0.2, 0) is 4.79 Å². The summed E-state index contributed by atoms with van der Waals surface area (Å²) in [4.78, 5) is 12.1. The standard InChI is InChI=1S/C15H28N2O/c1-12(2)9-15(6-3-4-7-15)11-17-14(18)13-5-8-16-10-13/h12-13,16H,3-11H2,1-2H3,(H,17,18). The second-order valence-electron chi connectivity index (χ2n) is 6.71. The minimum atomic E-state index is 0.211. The Morgan fingerprint density at radius 3 is 2.67 bits per heavy atom. The van der Waals surface area contributed by atoms with Gasteiger partial charge in [0.1, 0.15) is 0 Å². The minimum absolute atomic E-state index is 0.211. The van der Waals surface area contributed by atoms with Gasteiger partial charge in [-0.3, -0.25) is 4.79 Å². The monoisotopic (exact) mass is 252 g/mol. The molecule has 2 fully saturated rings. The molecule has 2 rings (SSSR count). The first kappa shape index (κ1) is 13.9. The summed E-state index contributed by atoms with van der Waals surface area (Å²) >= 11 is 0. The average Bonchev–Trinajstić information content (AvgIpc) is 2.96. The van der Waals surface area contributed by atoms with Crippen LogP contribution in [0.15, 0.2) is 0 Å². The first-order chi connectivity index (χ1) is 8.61. The van der Waals surface area contributed by atoms with E-state index in [4.69, 9.17) is 0 Å². The lowest BCUT2D eigenvalue weighted by Crippen LogP contribution is -2.40. The third kappa shape index (κ3) is 3.47. The van der Waals surface area contributed by atoms with Crippen LogP contribution in [0.5, 0.6) is 0 Å². The van der Waals surface area contributed by atoms with Gasteiger partial charge in [0.25, 0.3) is 0 Å². The molecule has 2 N–H and O–H groups in total. The van der Waals surface area contributed by atoms with E-state index >= 15 is 0 Å². The Morgan fingerprint density at radius 1 is 1.39 bits per heavy atom. The van der Waals surface area contributed by atoms with Crippen molar-refractivity contribution in [1.82, 2.24) is 10.6 Å². The molecule has 1 aliphatic heterocycles. The third-order valence-electron chi connectivity index (χ3n) is 4.57. The maximum Gasteiger partial charge on any atom is 0.224 e. The Balaban J connectivity index is 1.83. The number of hydrogen-bond acceptors (Lipinski definition) is 2. The molecule has 1 unspecified atom stereocenters. The zero-order chi connectivity index (χ0) is 13.0. The second-order valence-corrected chi connectivity index (χ2v) is 6.71. The Labute approximate surface area is 111 Å². The molecule has 2 aliphatic rings. The highest BCUT2D eigenvalue weighted by atomic mass is 16.1. The molecule has 1 saturated heterocycles. The van der Waals surface area contributed by atoms with Crippen LogP contribution in [0.4, 0.5) is 0 Å². The summed E-state index contributed by atoms with van der Waals surface area (Å²) in [6.45, 7) is 7.35. The molecule has 0 radical (unpaired) electrons. The Bertz CT molecular complexity index is 276. The molecule has 0 spiro atoms. The lowest BCUT2D eigenvalue weighted by molar-refractivity contribution is -0.125. The van der Waals surface area contributed by atoms with Crippen molar-refractivity contribution in [3.8, 4) is 0 Å². The summed E-state index contributed by atoms with van der Waals surface area (Å²) in [5, 5.41) is 6.50. The lowest BCUT2D eigenvalue weighted by atomic mass is 9.78. The molecule has 1 atom stereocenters. The van der Waals surface area contributed by atoms with Crippen LogP contribution in [-0.4, -0.2) is 25.5 Å². The highest BCUT2D eigenvalue weighted by Gasteiger charge is 2.35. The van der Waals surface area contributed by atoms with E-state index < -0.39 is 0 Å². The molecule has 0 bridgehead atoms. The molecule has 0 aromatic rings. The number of hydrogen-bond donors (Lipinski definition) is 2. The predicted octanol–water partition coefficient (Wildman–Crippen LogP) is 2.32. The Morgan fingerprint density at radius 2 is 2.11 bits per heavy atom. The van der Waals surface area contributed by atoms with Gasteiger partial charge in [-0.2, -0.15) is 0 Å². The molecule has 104 valence electrons. The van der Waals surface area contributed by atoms with Gasteiger partial charge < -0.3 is 10.6 Å². The number of carbonyl (C=O) groups is 1. The van der Waals surface area contributed by atoms with Crippen molar-refractivity contribution in [2.45, 2.75) is 52.4 Å². The molecule has 3 heteroatoms. The summed E-state index contributed by atoms with van der Waals surface area (Å²) < 4.78 is 0. The average molecular weight is 252 g/mol. The maximum atomic E-state index is 12.1. The van der Waals surface area contributed by atoms with Crippen molar-refractivity contribution in [3.63, 3.8) is 0 Å². The molecular weight excluding hydrogens is 224 g/mol. The van der Waals surface area contributed by atoms with Gasteiger partial charge in [-0.25, -0.2) is 0 Å². The van der Waals surface area contributed by atoms with Crippen molar-refractivity contribution in [2.24, 2.45) is 17.3 Å². The fraction of sp³-hybridized carbons (Fsp3) is 0.933. The van der Waals surface area contributed by atoms with Gasteiger partial charge in [0.2, 0.25) is 5.91 Å². The quantitative estimate of drug-likeness (QED) is 0.788. The van der Waals surface area contributed by atoms with E-state index in [0.717, 1.165) is 32.0 Å². The van der Waals surface area contributed by atoms with Crippen LogP contribution >= 0.6 is 0 Å². The molecule has 1 amide bonds. The van der Waals surface area contributed by atoms with Gasteiger partial charge >= 0.3 is 0 Å². The van der Waals surface area contributed by atoms with Crippen LogP contribution in [0, 0.1) is 17.3 Å². The summed E-state index contributed by atoms with van der Waals surface area (Å²) in [5.41, 5.74) is 0.399. The van der Waals surface area contributed by atoms with Gasteiger partial charge in [0.05, 0.1) is 5.92 Å². The number of carbonyl (C=O) groups excluding carboxylic acids is 1. The van der Waals surface area contributed by atoms with Gasteiger partial charge in [-0.15, -0.1) is 0 Å². The van der Waals surface area contributed by atoms with Crippen molar-refractivity contribution in [3.05, 3.63) is 0 Å². The van der Waals surface area contributed by atoms with Crippen LogP contribution in [0.1, 0.15) is 52.4 Å². The highest BCUT2D eigenvalue weighted by molar-refractivity contribution is 5.79. The van der Waals surface area contributed by atoms with Gasteiger partial charge in [0.15, 0.2) is 0 Å². The van der Waals surface area contributed by atoms with Crippen LogP contribution in [0.25, 0.3) is 0 Å². The zero-order valence-corrected chi connectivity index (χ0v) is 11.9. The van der Waals surface area contributed by atoms with E-state index in [9.17, 15) is 4.79 Å². The second kappa shape index (κ2) is 6.05. The third-order valence-corrected chi connectivity index (χ3v) is 4.57. The molecule has 0 aromatic carbocycles. The number of rotatable bonds is 5. The SMILES string of the molecule is CC(C)CC1(CNC(=O)C2CCNC2)CCCC1. The molecule has 1 heterocycles. The van der Waals surface area contributed by atoms with Crippen LogP contribution < -0.4 is 10.6 Å². The minimum Gasteiger partial charge on any atom is -0.355 e. The summed E-state index contributed by atoms with van der Waals surface area (Å²) in [6, 6.07) is 0. The van der Waals surface area contributed by atoms with Gasteiger partial charge in [0, 0.05) is 13.1 Å². The number of amides is 1. The molecule has 1 saturated carbocycles. The summed E-state index contributed by atoms with van der Waals surface area (Å²) in [7, 11) is 0.